The Balaban J connectivity index is 2.19. The van der Waals surface area contributed by atoms with Gasteiger partial charge in [-0.05, 0) is 59.2 Å². The van der Waals surface area contributed by atoms with Crippen LogP contribution in [0.25, 0.3) is 11.1 Å². The highest BCUT2D eigenvalue weighted by Crippen LogP contribution is 2.36. The van der Waals surface area contributed by atoms with Crippen LogP contribution in [0.4, 0.5) is 0 Å². The molecule has 0 aliphatic carbocycles. The van der Waals surface area contributed by atoms with Gasteiger partial charge in [-0.25, -0.2) is 0 Å². The molecule has 0 heterocycles. The Kier molecular flexibility index (Phi) is 4.71. The largest absolute Gasteiger partial charge is 0.508 e. The van der Waals surface area contributed by atoms with Crippen LogP contribution in [0.3, 0.4) is 0 Å². The standard InChI is InChI=1S/C21H16O5/c22-11-13-1-7-19(25)16(9-13)10-18-20(26)8-4-15(12-23)21(18)14-2-5-17(24)6-3-14/h1-9,11-12,24-26H,10H2. The summed E-state index contributed by atoms with van der Waals surface area (Å²) in [6, 6.07) is 13.6. The van der Waals surface area contributed by atoms with Crippen molar-refractivity contribution >= 4 is 12.6 Å². The van der Waals surface area contributed by atoms with Crippen LogP contribution in [0, 0.1) is 0 Å². The molecular formula is C21H16O5. The van der Waals surface area contributed by atoms with Crippen molar-refractivity contribution in [3.8, 4) is 28.4 Å². The van der Waals surface area contributed by atoms with Gasteiger partial charge in [-0.3, -0.25) is 9.59 Å². The smallest absolute Gasteiger partial charge is 0.150 e. The quantitative estimate of drug-likeness (QED) is 0.611. The second-order valence-corrected chi connectivity index (χ2v) is 5.87. The molecule has 0 saturated carbocycles. The Morgan fingerprint density at radius 1 is 0.769 bits per heavy atom. The number of aldehydes is 2. The summed E-state index contributed by atoms with van der Waals surface area (Å²) in [4.78, 5) is 22.5. The van der Waals surface area contributed by atoms with E-state index in [2.05, 4.69) is 0 Å². The van der Waals surface area contributed by atoms with Crippen LogP contribution in [-0.2, 0) is 6.42 Å². The van der Waals surface area contributed by atoms with E-state index in [4.69, 9.17) is 0 Å². The third kappa shape index (κ3) is 3.28. The van der Waals surface area contributed by atoms with Gasteiger partial charge in [0, 0.05) is 23.1 Å². The van der Waals surface area contributed by atoms with Crippen LogP contribution >= 0.6 is 0 Å². The van der Waals surface area contributed by atoms with Gasteiger partial charge in [0.15, 0.2) is 6.29 Å². The van der Waals surface area contributed by atoms with Gasteiger partial charge in [-0.1, -0.05) is 12.1 Å². The zero-order chi connectivity index (χ0) is 18.7. The number of carbonyl (C=O) groups excluding carboxylic acids is 2. The first-order valence-corrected chi connectivity index (χ1v) is 7.90. The third-order valence-electron chi connectivity index (χ3n) is 4.21. The SMILES string of the molecule is O=Cc1ccc(O)c(Cc2c(O)ccc(C=O)c2-c2ccc(O)cc2)c1. The molecule has 0 saturated heterocycles. The van der Waals surface area contributed by atoms with Crippen LogP contribution in [0.15, 0.2) is 54.6 Å². The lowest BCUT2D eigenvalue weighted by atomic mass is 9.90. The number of phenolic OH excluding ortho intramolecular Hbond substituents is 3. The number of aromatic hydroxyl groups is 3. The lowest BCUT2D eigenvalue weighted by Crippen LogP contribution is -1.99. The van der Waals surface area contributed by atoms with E-state index < -0.39 is 0 Å². The highest BCUT2D eigenvalue weighted by molar-refractivity contribution is 5.90. The van der Waals surface area contributed by atoms with Gasteiger partial charge < -0.3 is 15.3 Å². The molecule has 3 N–H and O–H groups in total. The van der Waals surface area contributed by atoms with Crippen molar-refractivity contribution < 1.29 is 24.9 Å². The molecule has 0 aliphatic heterocycles. The first-order chi connectivity index (χ1) is 12.5. The lowest BCUT2D eigenvalue weighted by Gasteiger charge is -2.15. The fourth-order valence-corrected chi connectivity index (χ4v) is 2.91. The molecular weight excluding hydrogens is 332 g/mol. The van der Waals surface area contributed by atoms with Crippen LogP contribution in [0.5, 0.6) is 17.2 Å². The summed E-state index contributed by atoms with van der Waals surface area (Å²) in [5.74, 6) is 0.0391. The van der Waals surface area contributed by atoms with E-state index in [1.165, 1.54) is 42.5 Å². The van der Waals surface area contributed by atoms with Crippen molar-refractivity contribution in [3.63, 3.8) is 0 Å². The van der Waals surface area contributed by atoms with Crippen LogP contribution < -0.4 is 0 Å². The van der Waals surface area contributed by atoms with Gasteiger partial charge in [0.1, 0.15) is 23.5 Å². The normalized spacial score (nSPS) is 10.5. The van der Waals surface area contributed by atoms with E-state index in [0.717, 1.165) is 0 Å². The fraction of sp³-hybridized carbons (Fsp3) is 0.0476. The zero-order valence-electron chi connectivity index (χ0n) is 13.7. The molecule has 0 fully saturated rings. The average molecular weight is 348 g/mol. The Morgan fingerprint density at radius 2 is 1.46 bits per heavy atom. The molecule has 3 aromatic carbocycles. The second kappa shape index (κ2) is 7.11. The predicted octanol–water partition coefficient (Wildman–Crippen LogP) is 3.69. The average Bonchev–Trinajstić information content (AvgIpc) is 2.65. The molecule has 0 unspecified atom stereocenters. The van der Waals surface area contributed by atoms with E-state index in [1.54, 1.807) is 12.1 Å². The van der Waals surface area contributed by atoms with Crippen molar-refractivity contribution in [2.24, 2.45) is 0 Å². The number of benzene rings is 3. The highest BCUT2D eigenvalue weighted by Gasteiger charge is 2.17. The number of carbonyl (C=O) groups is 2. The van der Waals surface area contributed by atoms with Crippen molar-refractivity contribution in [3.05, 3.63) is 76.9 Å². The number of hydrogen-bond acceptors (Lipinski definition) is 5. The Labute approximate surface area is 149 Å². The van der Waals surface area contributed by atoms with E-state index in [9.17, 15) is 24.9 Å². The van der Waals surface area contributed by atoms with Gasteiger partial charge in [-0.15, -0.1) is 0 Å². The Morgan fingerprint density at radius 3 is 2.12 bits per heavy atom. The summed E-state index contributed by atoms with van der Waals surface area (Å²) >= 11 is 0. The van der Waals surface area contributed by atoms with E-state index in [0.29, 0.717) is 46.0 Å². The predicted molar refractivity (Wildman–Crippen MR) is 96.9 cm³/mol. The minimum atomic E-state index is -0.0328. The first kappa shape index (κ1) is 17.2. The minimum absolute atomic E-state index is 0.0110. The third-order valence-corrected chi connectivity index (χ3v) is 4.21. The molecule has 5 nitrogen and oxygen atoms in total. The highest BCUT2D eigenvalue weighted by atomic mass is 16.3. The second-order valence-electron chi connectivity index (χ2n) is 5.87. The van der Waals surface area contributed by atoms with Gasteiger partial charge in [0.25, 0.3) is 0 Å². The van der Waals surface area contributed by atoms with Crippen molar-refractivity contribution in [1.29, 1.82) is 0 Å². The number of rotatable bonds is 5. The zero-order valence-corrected chi connectivity index (χ0v) is 13.7. The van der Waals surface area contributed by atoms with Gasteiger partial charge in [0.05, 0.1) is 0 Å². The summed E-state index contributed by atoms with van der Waals surface area (Å²) in [5.41, 5.74) is 2.81. The van der Waals surface area contributed by atoms with Crippen molar-refractivity contribution in [1.82, 2.24) is 0 Å². The lowest BCUT2D eigenvalue weighted by molar-refractivity contribution is 0.111. The summed E-state index contributed by atoms with van der Waals surface area (Å²) < 4.78 is 0. The number of hydrogen-bond donors (Lipinski definition) is 3. The fourth-order valence-electron chi connectivity index (χ4n) is 2.91. The van der Waals surface area contributed by atoms with Crippen LogP contribution in [0.2, 0.25) is 0 Å². The van der Waals surface area contributed by atoms with Crippen molar-refractivity contribution in [2.45, 2.75) is 6.42 Å². The van der Waals surface area contributed by atoms with Gasteiger partial charge in [-0.2, -0.15) is 0 Å². The first-order valence-electron chi connectivity index (χ1n) is 7.90. The molecule has 26 heavy (non-hydrogen) atoms. The molecule has 0 radical (unpaired) electrons. The molecule has 0 bridgehead atoms. The molecule has 0 atom stereocenters. The van der Waals surface area contributed by atoms with Crippen molar-refractivity contribution in [2.75, 3.05) is 0 Å². The molecule has 130 valence electrons. The monoisotopic (exact) mass is 348 g/mol. The summed E-state index contributed by atoms with van der Waals surface area (Å²) in [5, 5.41) is 30.0. The summed E-state index contributed by atoms with van der Waals surface area (Å²) in [6.07, 6.45) is 1.48. The molecule has 0 spiro atoms. The van der Waals surface area contributed by atoms with Crippen LogP contribution in [-0.4, -0.2) is 27.9 Å². The van der Waals surface area contributed by atoms with E-state index in [1.807, 2.05) is 0 Å². The summed E-state index contributed by atoms with van der Waals surface area (Å²) in [7, 11) is 0. The maximum Gasteiger partial charge on any atom is 0.150 e. The maximum absolute atomic E-state index is 11.5. The number of phenols is 3. The Bertz CT molecular complexity index is 974. The van der Waals surface area contributed by atoms with Gasteiger partial charge >= 0.3 is 0 Å². The molecule has 5 heteroatoms. The molecule has 0 aromatic heterocycles. The Hall–Kier alpha value is -3.60. The molecule has 3 rings (SSSR count). The van der Waals surface area contributed by atoms with Crippen LogP contribution in [0.1, 0.15) is 31.8 Å². The molecule has 3 aromatic rings. The molecule has 0 amide bonds. The van der Waals surface area contributed by atoms with E-state index in [-0.39, 0.29) is 23.7 Å². The van der Waals surface area contributed by atoms with E-state index >= 15 is 0 Å². The topological polar surface area (TPSA) is 94.8 Å². The van der Waals surface area contributed by atoms with Gasteiger partial charge in [0.2, 0.25) is 0 Å². The summed E-state index contributed by atoms with van der Waals surface area (Å²) in [6.45, 7) is 0. The molecule has 0 aliphatic rings. The maximum atomic E-state index is 11.5. The minimum Gasteiger partial charge on any atom is -0.508 e.